The molecule has 0 N–H and O–H groups in total. The van der Waals surface area contributed by atoms with E-state index in [4.69, 9.17) is 4.43 Å². The molecular formula is C20H42O2Si. The minimum absolute atomic E-state index is 0.290. The topological polar surface area (TPSA) is 26.3 Å². The Balaban J connectivity index is 4.30. The first kappa shape index (κ1) is 22.8. The van der Waals surface area contributed by atoms with Crippen molar-refractivity contribution in [2.45, 2.75) is 123 Å². The molecule has 3 heteroatoms. The molecular weight excluding hydrogens is 300 g/mol. The van der Waals surface area contributed by atoms with Gasteiger partial charge in [-0.15, -0.1) is 0 Å². The third-order valence-corrected chi connectivity index (χ3v) is 9.78. The summed E-state index contributed by atoms with van der Waals surface area (Å²) in [4.78, 5) is 10.4. The van der Waals surface area contributed by atoms with Gasteiger partial charge in [-0.2, -0.15) is 0 Å². The van der Waals surface area contributed by atoms with Gasteiger partial charge in [-0.05, 0) is 37.4 Å². The summed E-state index contributed by atoms with van der Waals surface area (Å²) in [7, 11) is -1.66. The van der Waals surface area contributed by atoms with E-state index in [0.29, 0.717) is 11.1 Å². The van der Waals surface area contributed by atoms with Crippen LogP contribution < -0.4 is 0 Å². The molecule has 0 aliphatic rings. The molecule has 0 heterocycles. The molecule has 0 aromatic rings. The lowest BCUT2D eigenvalue weighted by molar-refractivity contribution is -0.107. The van der Waals surface area contributed by atoms with E-state index in [1.165, 1.54) is 57.8 Å². The highest BCUT2D eigenvalue weighted by Gasteiger charge is 2.38. The number of carbonyl (C=O) groups excluding carboxylic acids is 1. The molecule has 0 fully saturated rings. The minimum Gasteiger partial charge on any atom is -0.414 e. The van der Waals surface area contributed by atoms with Crippen LogP contribution in [0.2, 0.25) is 18.1 Å². The number of unbranched alkanes of at least 4 members (excludes halogenated alkanes) is 7. The van der Waals surface area contributed by atoms with Crippen molar-refractivity contribution in [2.75, 3.05) is 0 Å². The molecule has 0 rings (SSSR count). The van der Waals surface area contributed by atoms with Crippen molar-refractivity contribution in [1.29, 1.82) is 0 Å². The van der Waals surface area contributed by atoms with E-state index in [2.05, 4.69) is 40.8 Å². The fraction of sp³-hybridized carbons (Fsp3) is 0.950. The Kier molecular flexibility index (Phi) is 12.2. The summed E-state index contributed by atoms with van der Waals surface area (Å²) < 4.78 is 6.69. The molecule has 1 atom stereocenters. The predicted octanol–water partition coefficient (Wildman–Crippen LogP) is 6.89. The van der Waals surface area contributed by atoms with Crippen LogP contribution in [0.3, 0.4) is 0 Å². The maximum atomic E-state index is 10.4. The number of rotatable bonds is 14. The van der Waals surface area contributed by atoms with Crippen molar-refractivity contribution in [1.82, 2.24) is 0 Å². The summed E-state index contributed by atoms with van der Waals surface area (Å²) >= 11 is 0. The monoisotopic (exact) mass is 342 g/mol. The zero-order chi connectivity index (χ0) is 17.8. The third kappa shape index (κ3) is 11.1. The molecule has 0 spiro atoms. The quantitative estimate of drug-likeness (QED) is 0.195. The van der Waals surface area contributed by atoms with Crippen LogP contribution in [0.1, 0.15) is 98.3 Å². The van der Waals surface area contributed by atoms with Crippen LogP contribution in [0, 0.1) is 0 Å². The second-order valence-electron chi connectivity index (χ2n) is 8.51. The molecule has 0 saturated carbocycles. The lowest BCUT2D eigenvalue weighted by atomic mass is 10.0. The lowest BCUT2D eigenvalue weighted by Gasteiger charge is -2.39. The SMILES string of the molecule is CCCCCCC(CCCCCCC=O)O[Si](C)(C)C(C)(C)C. The van der Waals surface area contributed by atoms with E-state index < -0.39 is 8.32 Å². The number of aldehydes is 1. The number of hydrogen-bond acceptors (Lipinski definition) is 2. The first-order chi connectivity index (χ1) is 10.7. The average molecular weight is 343 g/mol. The van der Waals surface area contributed by atoms with Gasteiger partial charge in [-0.3, -0.25) is 0 Å². The largest absolute Gasteiger partial charge is 0.414 e. The fourth-order valence-corrected chi connectivity index (χ4v) is 4.03. The molecule has 2 nitrogen and oxygen atoms in total. The van der Waals surface area contributed by atoms with Gasteiger partial charge in [-0.1, -0.05) is 72.6 Å². The number of carbonyl (C=O) groups is 1. The Bertz CT molecular complexity index is 295. The van der Waals surface area contributed by atoms with E-state index in [1.54, 1.807) is 0 Å². The molecule has 0 aliphatic heterocycles. The second kappa shape index (κ2) is 12.2. The van der Waals surface area contributed by atoms with Gasteiger partial charge in [-0.25, -0.2) is 0 Å². The van der Waals surface area contributed by atoms with Crippen LogP contribution in [0.4, 0.5) is 0 Å². The molecule has 0 amide bonds. The second-order valence-corrected chi connectivity index (χ2v) is 13.3. The van der Waals surface area contributed by atoms with Gasteiger partial charge < -0.3 is 9.22 Å². The summed E-state index contributed by atoms with van der Waals surface area (Å²) in [5, 5.41) is 0.290. The zero-order valence-corrected chi connectivity index (χ0v) is 17.7. The van der Waals surface area contributed by atoms with E-state index in [0.717, 1.165) is 19.1 Å². The Labute approximate surface area is 146 Å². The maximum absolute atomic E-state index is 10.4. The molecule has 0 aliphatic carbocycles. The van der Waals surface area contributed by atoms with E-state index >= 15 is 0 Å². The van der Waals surface area contributed by atoms with Crippen LogP contribution in [0.5, 0.6) is 0 Å². The molecule has 1 unspecified atom stereocenters. The highest BCUT2D eigenvalue weighted by atomic mass is 28.4. The maximum Gasteiger partial charge on any atom is 0.192 e. The van der Waals surface area contributed by atoms with Crippen molar-refractivity contribution >= 4 is 14.6 Å². The molecule has 0 radical (unpaired) electrons. The van der Waals surface area contributed by atoms with Crippen LogP contribution in [0.25, 0.3) is 0 Å². The summed E-state index contributed by atoms with van der Waals surface area (Å²) in [5.41, 5.74) is 0. The molecule has 138 valence electrons. The van der Waals surface area contributed by atoms with E-state index in [1.807, 2.05) is 0 Å². The van der Waals surface area contributed by atoms with Crippen molar-refractivity contribution in [3.63, 3.8) is 0 Å². The first-order valence-corrected chi connectivity index (χ1v) is 12.8. The Morgan fingerprint density at radius 2 is 1.43 bits per heavy atom. The van der Waals surface area contributed by atoms with Gasteiger partial charge in [0.15, 0.2) is 8.32 Å². The predicted molar refractivity (Wildman–Crippen MR) is 105 cm³/mol. The van der Waals surface area contributed by atoms with Crippen molar-refractivity contribution in [3.05, 3.63) is 0 Å². The van der Waals surface area contributed by atoms with Gasteiger partial charge in [0.1, 0.15) is 6.29 Å². The Hall–Kier alpha value is -0.153. The highest BCUT2D eigenvalue weighted by Crippen LogP contribution is 2.38. The molecule has 0 bridgehead atoms. The molecule has 23 heavy (non-hydrogen) atoms. The Morgan fingerprint density at radius 3 is 1.91 bits per heavy atom. The lowest BCUT2D eigenvalue weighted by Crippen LogP contribution is -2.44. The third-order valence-electron chi connectivity index (χ3n) is 5.25. The standard InChI is InChI=1S/C20H42O2Si/c1-7-8-9-13-16-19(17-14-11-10-12-15-18-21)22-23(5,6)20(2,3)4/h18-19H,7-17H2,1-6H3. The number of hydrogen-bond donors (Lipinski definition) is 0. The van der Waals surface area contributed by atoms with E-state index in [-0.39, 0.29) is 0 Å². The van der Waals surface area contributed by atoms with E-state index in [9.17, 15) is 4.79 Å². The summed E-state index contributed by atoms with van der Waals surface area (Å²) in [6.07, 6.45) is 14.6. The molecule has 0 saturated heterocycles. The highest BCUT2D eigenvalue weighted by molar-refractivity contribution is 6.74. The van der Waals surface area contributed by atoms with Gasteiger partial charge in [0.05, 0.1) is 0 Å². The van der Waals surface area contributed by atoms with Gasteiger partial charge in [0.25, 0.3) is 0 Å². The zero-order valence-electron chi connectivity index (χ0n) is 16.7. The minimum atomic E-state index is -1.66. The average Bonchev–Trinajstić information content (AvgIpc) is 2.45. The van der Waals surface area contributed by atoms with Gasteiger partial charge in [0.2, 0.25) is 0 Å². The Morgan fingerprint density at radius 1 is 0.913 bits per heavy atom. The van der Waals surface area contributed by atoms with Gasteiger partial charge >= 0.3 is 0 Å². The normalized spacial score (nSPS) is 14.0. The van der Waals surface area contributed by atoms with Crippen LogP contribution in [-0.4, -0.2) is 20.7 Å². The molecule has 0 aromatic carbocycles. The van der Waals surface area contributed by atoms with Crippen molar-refractivity contribution in [2.24, 2.45) is 0 Å². The summed E-state index contributed by atoms with van der Waals surface area (Å²) in [5.74, 6) is 0. The van der Waals surface area contributed by atoms with Crippen molar-refractivity contribution in [3.8, 4) is 0 Å². The molecule has 0 aromatic heterocycles. The van der Waals surface area contributed by atoms with Crippen LogP contribution in [0.15, 0.2) is 0 Å². The fourth-order valence-electron chi connectivity index (χ4n) is 2.61. The smallest absolute Gasteiger partial charge is 0.192 e. The van der Waals surface area contributed by atoms with Gasteiger partial charge in [0, 0.05) is 12.5 Å². The van der Waals surface area contributed by atoms with Crippen LogP contribution >= 0.6 is 0 Å². The first-order valence-electron chi connectivity index (χ1n) is 9.86. The summed E-state index contributed by atoms with van der Waals surface area (Å²) in [6.45, 7) is 14.0. The van der Waals surface area contributed by atoms with Crippen LogP contribution in [-0.2, 0) is 9.22 Å². The van der Waals surface area contributed by atoms with Crippen molar-refractivity contribution < 1.29 is 9.22 Å². The summed E-state index contributed by atoms with van der Waals surface area (Å²) in [6, 6.07) is 0.